The van der Waals surface area contributed by atoms with Gasteiger partial charge in [0.05, 0.1) is 0 Å². The van der Waals surface area contributed by atoms with E-state index in [0.29, 0.717) is 0 Å². The molecule has 2 heteroatoms. The topological polar surface area (TPSA) is 15.3 Å². The summed E-state index contributed by atoms with van der Waals surface area (Å²) in [4.78, 5) is 2.90. The number of hydrogen-bond acceptors (Lipinski definition) is 2. The molecule has 1 heterocycles. The molecule has 0 bridgehead atoms. The fraction of sp³-hybridized carbons (Fsp3) is 1.00. The minimum atomic E-state index is 0.752. The van der Waals surface area contributed by atoms with Gasteiger partial charge < -0.3 is 5.32 Å². The van der Waals surface area contributed by atoms with Crippen LogP contribution in [0.25, 0.3) is 0 Å². The Kier molecular flexibility index (Phi) is 7.37. The number of nitrogens with zero attached hydrogens (tertiary/aromatic N) is 1. The zero-order valence-electron chi connectivity index (χ0n) is 13.9. The van der Waals surface area contributed by atoms with Gasteiger partial charge in [-0.2, -0.15) is 0 Å². The standard InChI is InChI=1S/C18H36N2/c1-3-14-19-17-12-7-5-6-8-13-18(17)20-15-10-9-11-16(20)4-2/h16-19H,3-15H2,1-2H3. The molecular weight excluding hydrogens is 244 g/mol. The Morgan fingerprint density at radius 3 is 2.40 bits per heavy atom. The van der Waals surface area contributed by atoms with E-state index in [4.69, 9.17) is 0 Å². The van der Waals surface area contributed by atoms with Crippen LogP contribution in [0.4, 0.5) is 0 Å². The van der Waals surface area contributed by atoms with Crippen molar-refractivity contribution in [2.75, 3.05) is 13.1 Å². The van der Waals surface area contributed by atoms with E-state index in [1.807, 2.05) is 0 Å². The highest BCUT2D eigenvalue weighted by molar-refractivity contribution is 4.90. The van der Waals surface area contributed by atoms with Crippen LogP contribution in [-0.4, -0.2) is 36.1 Å². The lowest BCUT2D eigenvalue weighted by Gasteiger charge is -2.45. The van der Waals surface area contributed by atoms with Gasteiger partial charge in [-0.15, -0.1) is 0 Å². The third-order valence-electron chi connectivity index (χ3n) is 5.46. The minimum absolute atomic E-state index is 0.752. The second-order valence-electron chi connectivity index (χ2n) is 6.92. The minimum Gasteiger partial charge on any atom is -0.312 e. The molecule has 1 N–H and O–H groups in total. The van der Waals surface area contributed by atoms with Crippen molar-refractivity contribution < 1.29 is 0 Å². The van der Waals surface area contributed by atoms with Crippen LogP contribution >= 0.6 is 0 Å². The SMILES string of the molecule is CCCNC1CCCCCCC1N1CCCCC1CC. The maximum absolute atomic E-state index is 3.89. The first-order chi connectivity index (χ1) is 9.86. The Morgan fingerprint density at radius 1 is 0.900 bits per heavy atom. The third kappa shape index (κ3) is 4.46. The van der Waals surface area contributed by atoms with Crippen molar-refractivity contribution >= 4 is 0 Å². The van der Waals surface area contributed by atoms with Crippen LogP contribution < -0.4 is 5.32 Å². The molecule has 0 aromatic rings. The lowest BCUT2D eigenvalue weighted by molar-refractivity contribution is 0.0573. The van der Waals surface area contributed by atoms with Gasteiger partial charge in [0.2, 0.25) is 0 Å². The van der Waals surface area contributed by atoms with E-state index < -0.39 is 0 Å². The van der Waals surface area contributed by atoms with Gasteiger partial charge in [-0.25, -0.2) is 0 Å². The second kappa shape index (κ2) is 9.04. The summed E-state index contributed by atoms with van der Waals surface area (Å²) in [5, 5.41) is 3.89. The molecule has 0 radical (unpaired) electrons. The van der Waals surface area contributed by atoms with Crippen molar-refractivity contribution in [1.29, 1.82) is 0 Å². The van der Waals surface area contributed by atoms with Gasteiger partial charge in [0.25, 0.3) is 0 Å². The van der Waals surface area contributed by atoms with Gasteiger partial charge in [0.15, 0.2) is 0 Å². The first kappa shape index (κ1) is 16.3. The van der Waals surface area contributed by atoms with Crippen LogP contribution in [0.3, 0.4) is 0 Å². The molecule has 1 saturated carbocycles. The Labute approximate surface area is 126 Å². The normalized spacial score (nSPS) is 33.6. The summed E-state index contributed by atoms with van der Waals surface area (Å²) in [5.41, 5.74) is 0. The van der Waals surface area contributed by atoms with Crippen molar-refractivity contribution in [3.05, 3.63) is 0 Å². The summed E-state index contributed by atoms with van der Waals surface area (Å²) in [5.74, 6) is 0. The molecule has 1 aliphatic heterocycles. The molecule has 2 fully saturated rings. The Hall–Kier alpha value is -0.0800. The fourth-order valence-corrected chi connectivity index (χ4v) is 4.33. The van der Waals surface area contributed by atoms with Gasteiger partial charge >= 0.3 is 0 Å². The van der Waals surface area contributed by atoms with Crippen LogP contribution in [-0.2, 0) is 0 Å². The zero-order chi connectivity index (χ0) is 14.2. The molecule has 3 atom stereocenters. The fourth-order valence-electron chi connectivity index (χ4n) is 4.33. The summed E-state index contributed by atoms with van der Waals surface area (Å²) < 4.78 is 0. The molecule has 0 aromatic heterocycles. The van der Waals surface area contributed by atoms with Crippen molar-refractivity contribution in [2.45, 2.75) is 103 Å². The van der Waals surface area contributed by atoms with Crippen LogP contribution in [0, 0.1) is 0 Å². The van der Waals surface area contributed by atoms with Crippen molar-refractivity contribution in [2.24, 2.45) is 0 Å². The van der Waals surface area contributed by atoms with Gasteiger partial charge in [-0.3, -0.25) is 4.90 Å². The molecule has 0 aromatic carbocycles. The molecular formula is C18H36N2. The average molecular weight is 280 g/mol. The van der Waals surface area contributed by atoms with Crippen LogP contribution in [0.1, 0.15) is 84.5 Å². The van der Waals surface area contributed by atoms with Gasteiger partial charge in [-0.1, -0.05) is 46.0 Å². The van der Waals surface area contributed by atoms with E-state index >= 15 is 0 Å². The maximum Gasteiger partial charge on any atom is 0.0252 e. The van der Waals surface area contributed by atoms with Crippen LogP contribution in [0.2, 0.25) is 0 Å². The van der Waals surface area contributed by atoms with E-state index in [0.717, 1.165) is 18.1 Å². The van der Waals surface area contributed by atoms with Crippen molar-refractivity contribution in [3.8, 4) is 0 Å². The number of likely N-dealkylation sites (tertiary alicyclic amines) is 1. The lowest BCUT2D eigenvalue weighted by atomic mass is 9.87. The molecule has 3 unspecified atom stereocenters. The van der Waals surface area contributed by atoms with E-state index in [1.165, 1.54) is 83.7 Å². The molecule has 2 nitrogen and oxygen atoms in total. The first-order valence-electron chi connectivity index (χ1n) is 9.36. The predicted molar refractivity (Wildman–Crippen MR) is 88.2 cm³/mol. The van der Waals surface area contributed by atoms with E-state index in [1.54, 1.807) is 0 Å². The first-order valence-corrected chi connectivity index (χ1v) is 9.36. The summed E-state index contributed by atoms with van der Waals surface area (Å²) in [6.45, 7) is 7.24. The molecule has 1 saturated heterocycles. The summed E-state index contributed by atoms with van der Waals surface area (Å²) in [7, 11) is 0. The van der Waals surface area contributed by atoms with Gasteiger partial charge in [-0.05, 0) is 51.6 Å². The number of rotatable bonds is 5. The van der Waals surface area contributed by atoms with Crippen LogP contribution in [0.5, 0.6) is 0 Å². The lowest BCUT2D eigenvalue weighted by Crippen LogP contribution is -2.55. The highest BCUT2D eigenvalue weighted by Crippen LogP contribution is 2.29. The number of hydrogen-bond donors (Lipinski definition) is 1. The van der Waals surface area contributed by atoms with E-state index in [2.05, 4.69) is 24.1 Å². The number of piperidine rings is 1. The summed E-state index contributed by atoms with van der Waals surface area (Å²) in [6.07, 6.45) is 15.5. The van der Waals surface area contributed by atoms with Gasteiger partial charge in [0, 0.05) is 18.1 Å². The predicted octanol–water partition coefficient (Wildman–Crippen LogP) is 4.34. The quantitative estimate of drug-likeness (QED) is 0.806. The number of nitrogens with one attached hydrogen (secondary N) is 1. The van der Waals surface area contributed by atoms with Crippen molar-refractivity contribution in [3.63, 3.8) is 0 Å². The average Bonchev–Trinajstić information content (AvgIpc) is 2.46. The largest absolute Gasteiger partial charge is 0.312 e. The highest BCUT2D eigenvalue weighted by Gasteiger charge is 2.32. The zero-order valence-corrected chi connectivity index (χ0v) is 13.9. The third-order valence-corrected chi connectivity index (χ3v) is 5.46. The van der Waals surface area contributed by atoms with Crippen LogP contribution in [0.15, 0.2) is 0 Å². The van der Waals surface area contributed by atoms with Crippen molar-refractivity contribution in [1.82, 2.24) is 10.2 Å². The summed E-state index contributed by atoms with van der Waals surface area (Å²) >= 11 is 0. The second-order valence-corrected chi connectivity index (χ2v) is 6.92. The summed E-state index contributed by atoms with van der Waals surface area (Å²) in [6, 6.07) is 2.42. The molecule has 2 aliphatic rings. The monoisotopic (exact) mass is 280 g/mol. The smallest absolute Gasteiger partial charge is 0.0252 e. The Morgan fingerprint density at radius 2 is 1.65 bits per heavy atom. The Bertz CT molecular complexity index is 252. The molecule has 0 amide bonds. The Balaban J connectivity index is 2.03. The molecule has 0 spiro atoms. The molecule has 2 rings (SSSR count). The molecule has 1 aliphatic carbocycles. The highest BCUT2D eigenvalue weighted by atomic mass is 15.2. The van der Waals surface area contributed by atoms with E-state index in [9.17, 15) is 0 Å². The molecule has 20 heavy (non-hydrogen) atoms. The maximum atomic E-state index is 3.89. The molecule has 118 valence electrons. The van der Waals surface area contributed by atoms with Gasteiger partial charge in [0.1, 0.15) is 0 Å². The van der Waals surface area contributed by atoms with E-state index in [-0.39, 0.29) is 0 Å².